The molecule has 3 N–H and O–H groups in total. The molecule has 20 heavy (non-hydrogen) atoms. The number of hydrogen-bond donors (Lipinski definition) is 2. The van der Waals surface area contributed by atoms with Gasteiger partial charge in [-0.3, -0.25) is 4.90 Å². The first-order valence-corrected chi connectivity index (χ1v) is 7.24. The Balaban J connectivity index is 2.37. The Bertz CT molecular complexity index is 449. The largest absolute Gasteiger partial charge is 0.353 e. The van der Waals surface area contributed by atoms with Crippen molar-refractivity contribution in [1.82, 2.24) is 14.9 Å². The molecule has 1 aliphatic heterocycles. The van der Waals surface area contributed by atoms with Gasteiger partial charge in [0.2, 0.25) is 0 Å². The first-order valence-electron chi connectivity index (χ1n) is 7.24. The van der Waals surface area contributed by atoms with Gasteiger partial charge >= 0.3 is 0 Å². The van der Waals surface area contributed by atoms with E-state index in [1.165, 1.54) is 0 Å². The Morgan fingerprint density at radius 1 is 1.25 bits per heavy atom. The van der Waals surface area contributed by atoms with Crippen molar-refractivity contribution in [2.45, 2.75) is 45.7 Å². The Labute approximate surface area is 121 Å². The fourth-order valence-corrected chi connectivity index (χ4v) is 2.86. The average molecular weight is 278 g/mol. The summed E-state index contributed by atoms with van der Waals surface area (Å²) in [7, 11) is 2.18. The van der Waals surface area contributed by atoms with Crippen molar-refractivity contribution in [3.8, 4) is 0 Å². The zero-order valence-electron chi connectivity index (χ0n) is 13.1. The van der Waals surface area contributed by atoms with Crippen LogP contribution in [0.3, 0.4) is 0 Å². The summed E-state index contributed by atoms with van der Waals surface area (Å²) in [6, 6.07) is 1.01. The molecule has 0 radical (unpaired) electrons. The van der Waals surface area contributed by atoms with Gasteiger partial charge < -0.3 is 10.3 Å². The second-order valence-corrected chi connectivity index (χ2v) is 6.03. The van der Waals surface area contributed by atoms with Crippen molar-refractivity contribution < 1.29 is 0 Å². The summed E-state index contributed by atoms with van der Waals surface area (Å²) >= 11 is 0. The molecule has 112 valence electrons. The van der Waals surface area contributed by atoms with Gasteiger partial charge in [-0.1, -0.05) is 13.8 Å². The Kier molecular flexibility index (Phi) is 4.45. The van der Waals surface area contributed by atoms with Crippen LogP contribution in [0.1, 0.15) is 39.2 Å². The molecule has 1 aliphatic rings. The normalized spacial score (nSPS) is 24.2. The second kappa shape index (κ2) is 5.93. The molecule has 1 fully saturated rings. The monoisotopic (exact) mass is 278 g/mol. The fraction of sp³-hybridized carbons (Fsp3) is 0.714. The van der Waals surface area contributed by atoms with E-state index in [0.717, 1.165) is 30.3 Å². The Morgan fingerprint density at radius 3 is 2.35 bits per heavy atom. The van der Waals surface area contributed by atoms with Gasteiger partial charge in [-0.15, -0.1) is 0 Å². The van der Waals surface area contributed by atoms with Gasteiger partial charge in [0, 0.05) is 30.7 Å². The summed E-state index contributed by atoms with van der Waals surface area (Å²) in [6.45, 7) is 10.7. The van der Waals surface area contributed by atoms with E-state index < -0.39 is 0 Å². The standard InChI is InChI=1S/C14H26N6/c1-9(2)12-13(18-15)16-8-17-14(12)20-6-10(3)19(5)11(4)7-20/h8-11H,6-7,15H2,1-5H3,(H,16,17,18). The van der Waals surface area contributed by atoms with Crippen LogP contribution in [0.4, 0.5) is 11.6 Å². The van der Waals surface area contributed by atoms with Gasteiger partial charge in [0.15, 0.2) is 0 Å². The molecule has 1 aromatic heterocycles. The molecule has 2 atom stereocenters. The van der Waals surface area contributed by atoms with E-state index in [9.17, 15) is 0 Å². The highest BCUT2D eigenvalue weighted by Gasteiger charge is 2.29. The lowest BCUT2D eigenvalue weighted by atomic mass is 10.0. The fourth-order valence-electron chi connectivity index (χ4n) is 2.86. The number of rotatable bonds is 3. The molecule has 0 saturated carbocycles. The van der Waals surface area contributed by atoms with Crippen LogP contribution in [-0.2, 0) is 0 Å². The number of nitrogen functional groups attached to an aromatic ring is 1. The van der Waals surface area contributed by atoms with Gasteiger partial charge in [-0.2, -0.15) is 0 Å². The molecule has 0 spiro atoms. The minimum Gasteiger partial charge on any atom is -0.353 e. The molecule has 0 amide bonds. The molecule has 6 heteroatoms. The maximum atomic E-state index is 5.60. The number of nitrogens with zero attached hydrogens (tertiary/aromatic N) is 4. The molecule has 1 aromatic rings. The van der Waals surface area contributed by atoms with Crippen LogP contribution in [0.5, 0.6) is 0 Å². The van der Waals surface area contributed by atoms with Crippen LogP contribution in [0.25, 0.3) is 0 Å². The minimum absolute atomic E-state index is 0.322. The molecule has 2 heterocycles. The summed E-state index contributed by atoms with van der Waals surface area (Å²) in [5.74, 6) is 7.65. The lowest BCUT2D eigenvalue weighted by Gasteiger charge is -2.43. The molecule has 0 bridgehead atoms. The SMILES string of the molecule is CC(C)c1c(NN)ncnc1N1CC(C)N(C)C(C)C1. The van der Waals surface area contributed by atoms with Gasteiger partial charge in [-0.25, -0.2) is 15.8 Å². The first kappa shape index (κ1) is 15.0. The number of aromatic nitrogens is 2. The van der Waals surface area contributed by atoms with Crippen molar-refractivity contribution in [3.63, 3.8) is 0 Å². The van der Waals surface area contributed by atoms with E-state index in [1.54, 1.807) is 6.33 Å². The van der Waals surface area contributed by atoms with Gasteiger partial charge in [0.25, 0.3) is 0 Å². The molecule has 0 aromatic carbocycles. The lowest BCUT2D eigenvalue weighted by molar-refractivity contribution is 0.169. The van der Waals surface area contributed by atoms with Crippen LogP contribution >= 0.6 is 0 Å². The zero-order valence-corrected chi connectivity index (χ0v) is 13.1. The summed E-state index contributed by atoms with van der Waals surface area (Å²) in [5, 5.41) is 0. The number of anilines is 2. The third-order valence-corrected chi connectivity index (χ3v) is 4.24. The van der Waals surface area contributed by atoms with Crippen molar-refractivity contribution in [2.24, 2.45) is 5.84 Å². The molecular weight excluding hydrogens is 252 g/mol. The van der Waals surface area contributed by atoms with Gasteiger partial charge in [0.1, 0.15) is 18.0 Å². The third-order valence-electron chi connectivity index (χ3n) is 4.24. The van der Waals surface area contributed by atoms with E-state index in [4.69, 9.17) is 5.84 Å². The van der Waals surface area contributed by atoms with E-state index in [2.05, 4.69) is 59.9 Å². The molecular formula is C14H26N6. The third kappa shape index (κ3) is 2.71. The molecule has 0 aliphatic carbocycles. The Hall–Kier alpha value is -1.40. The maximum Gasteiger partial charge on any atom is 0.148 e. The summed E-state index contributed by atoms with van der Waals surface area (Å²) in [4.78, 5) is 13.5. The zero-order chi connectivity index (χ0) is 14.9. The van der Waals surface area contributed by atoms with E-state index in [0.29, 0.717) is 18.0 Å². The smallest absolute Gasteiger partial charge is 0.148 e. The lowest BCUT2D eigenvalue weighted by Crippen LogP contribution is -2.55. The van der Waals surface area contributed by atoms with Crippen LogP contribution in [0, 0.1) is 0 Å². The van der Waals surface area contributed by atoms with E-state index in [1.807, 2.05) is 0 Å². The molecule has 1 saturated heterocycles. The number of hydrogen-bond acceptors (Lipinski definition) is 6. The number of nitrogens with two attached hydrogens (primary N) is 1. The topological polar surface area (TPSA) is 70.3 Å². The molecule has 2 unspecified atom stereocenters. The van der Waals surface area contributed by atoms with Crippen molar-refractivity contribution in [3.05, 3.63) is 11.9 Å². The highest BCUT2D eigenvalue weighted by Crippen LogP contribution is 2.32. The second-order valence-electron chi connectivity index (χ2n) is 6.03. The van der Waals surface area contributed by atoms with Gasteiger partial charge in [-0.05, 0) is 26.8 Å². The van der Waals surface area contributed by atoms with Crippen molar-refractivity contribution in [2.75, 3.05) is 30.5 Å². The highest BCUT2D eigenvalue weighted by molar-refractivity contribution is 5.60. The molecule has 2 rings (SSSR count). The predicted molar refractivity (Wildman–Crippen MR) is 82.8 cm³/mol. The van der Waals surface area contributed by atoms with E-state index in [-0.39, 0.29) is 0 Å². The highest BCUT2D eigenvalue weighted by atomic mass is 15.3. The maximum absolute atomic E-state index is 5.60. The number of nitrogens with one attached hydrogen (secondary N) is 1. The summed E-state index contributed by atoms with van der Waals surface area (Å²) < 4.78 is 0. The van der Waals surface area contributed by atoms with Crippen LogP contribution in [0.15, 0.2) is 6.33 Å². The number of hydrazine groups is 1. The average Bonchev–Trinajstić information content (AvgIpc) is 2.43. The summed E-state index contributed by atoms with van der Waals surface area (Å²) in [6.07, 6.45) is 1.59. The van der Waals surface area contributed by atoms with Crippen molar-refractivity contribution >= 4 is 11.6 Å². The van der Waals surface area contributed by atoms with Gasteiger partial charge in [0.05, 0.1) is 0 Å². The quantitative estimate of drug-likeness (QED) is 0.643. The number of likely N-dealkylation sites (N-methyl/N-ethyl adjacent to an activating group) is 1. The number of piperazine rings is 1. The Morgan fingerprint density at radius 2 is 1.85 bits per heavy atom. The summed E-state index contributed by atoms with van der Waals surface area (Å²) in [5.41, 5.74) is 3.80. The van der Waals surface area contributed by atoms with Crippen molar-refractivity contribution in [1.29, 1.82) is 0 Å². The predicted octanol–water partition coefficient (Wildman–Crippen LogP) is 1.41. The van der Waals surface area contributed by atoms with Crippen LogP contribution < -0.4 is 16.2 Å². The minimum atomic E-state index is 0.322. The van der Waals surface area contributed by atoms with Crippen LogP contribution in [-0.4, -0.2) is 47.1 Å². The first-order chi connectivity index (χ1) is 9.45. The van der Waals surface area contributed by atoms with E-state index >= 15 is 0 Å². The van der Waals surface area contributed by atoms with Crippen LogP contribution in [0.2, 0.25) is 0 Å². The molecule has 6 nitrogen and oxygen atoms in total.